The SMILES string of the molecule is CCC(C)NC(=O)c1ccnc(C(=O)Nc2ccc(C(C)=O)cc2)c1. The molecule has 0 bridgehead atoms. The minimum atomic E-state index is -0.422. The second-order valence-corrected chi connectivity index (χ2v) is 5.80. The summed E-state index contributed by atoms with van der Waals surface area (Å²) >= 11 is 0. The van der Waals surface area contributed by atoms with Crippen LogP contribution in [0.2, 0.25) is 0 Å². The Kier molecular flexibility index (Phi) is 6.00. The molecule has 0 saturated carbocycles. The first-order chi connectivity index (χ1) is 11.9. The Bertz CT molecular complexity index is 785. The number of nitrogens with one attached hydrogen (secondary N) is 2. The van der Waals surface area contributed by atoms with Gasteiger partial charge in [0.05, 0.1) is 0 Å². The van der Waals surface area contributed by atoms with Crippen LogP contribution in [0.3, 0.4) is 0 Å². The third-order valence-electron chi connectivity index (χ3n) is 3.79. The largest absolute Gasteiger partial charge is 0.350 e. The van der Waals surface area contributed by atoms with E-state index < -0.39 is 5.91 Å². The van der Waals surface area contributed by atoms with Gasteiger partial charge in [0.2, 0.25) is 0 Å². The van der Waals surface area contributed by atoms with Gasteiger partial charge in [0, 0.05) is 29.1 Å². The molecule has 25 heavy (non-hydrogen) atoms. The lowest BCUT2D eigenvalue weighted by molar-refractivity contribution is 0.0938. The molecule has 0 fully saturated rings. The average molecular weight is 339 g/mol. The van der Waals surface area contributed by atoms with Gasteiger partial charge in [-0.1, -0.05) is 6.92 Å². The van der Waals surface area contributed by atoms with Crippen molar-refractivity contribution in [1.29, 1.82) is 0 Å². The monoisotopic (exact) mass is 339 g/mol. The number of aromatic nitrogens is 1. The van der Waals surface area contributed by atoms with Crippen molar-refractivity contribution in [2.75, 3.05) is 5.32 Å². The van der Waals surface area contributed by atoms with E-state index >= 15 is 0 Å². The minimum Gasteiger partial charge on any atom is -0.350 e. The van der Waals surface area contributed by atoms with Crippen molar-refractivity contribution in [2.24, 2.45) is 0 Å². The number of hydrogen-bond donors (Lipinski definition) is 2. The van der Waals surface area contributed by atoms with Crippen LogP contribution < -0.4 is 10.6 Å². The lowest BCUT2D eigenvalue weighted by atomic mass is 10.1. The summed E-state index contributed by atoms with van der Waals surface area (Å²) in [6.45, 7) is 5.37. The molecule has 1 unspecified atom stereocenters. The lowest BCUT2D eigenvalue weighted by Gasteiger charge is -2.11. The van der Waals surface area contributed by atoms with Crippen molar-refractivity contribution in [3.63, 3.8) is 0 Å². The number of pyridine rings is 1. The Hall–Kier alpha value is -3.02. The summed E-state index contributed by atoms with van der Waals surface area (Å²) in [5.41, 5.74) is 1.64. The van der Waals surface area contributed by atoms with E-state index in [4.69, 9.17) is 0 Å². The molecule has 1 aromatic carbocycles. The Morgan fingerprint density at radius 1 is 1.04 bits per heavy atom. The number of rotatable bonds is 6. The van der Waals surface area contributed by atoms with Gasteiger partial charge < -0.3 is 10.6 Å². The molecule has 6 nitrogen and oxygen atoms in total. The maximum absolute atomic E-state index is 12.3. The van der Waals surface area contributed by atoms with E-state index in [1.807, 2.05) is 13.8 Å². The predicted molar refractivity (Wildman–Crippen MR) is 95.9 cm³/mol. The third-order valence-corrected chi connectivity index (χ3v) is 3.79. The van der Waals surface area contributed by atoms with E-state index in [0.29, 0.717) is 16.8 Å². The topological polar surface area (TPSA) is 88.2 Å². The van der Waals surface area contributed by atoms with Gasteiger partial charge in [-0.25, -0.2) is 0 Å². The van der Waals surface area contributed by atoms with Crippen molar-refractivity contribution in [2.45, 2.75) is 33.2 Å². The Labute approximate surface area is 146 Å². The number of carbonyl (C=O) groups excluding carboxylic acids is 3. The van der Waals surface area contributed by atoms with Gasteiger partial charge in [0.25, 0.3) is 11.8 Å². The normalized spacial score (nSPS) is 11.5. The van der Waals surface area contributed by atoms with E-state index in [1.165, 1.54) is 19.2 Å². The van der Waals surface area contributed by atoms with Crippen LogP contribution in [0.4, 0.5) is 5.69 Å². The number of benzene rings is 1. The summed E-state index contributed by atoms with van der Waals surface area (Å²) in [7, 11) is 0. The van der Waals surface area contributed by atoms with Gasteiger partial charge >= 0.3 is 0 Å². The van der Waals surface area contributed by atoms with E-state index in [1.54, 1.807) is 30.3 Å². The molecule has 0 aliphatic carbocycles. The fraction of sp³-hybridized carbons (Fsp3) is 0.263. The van der Waals surface area contributed by atoms with Crippen LogP contribution in [-0.4, -0.2) is 28.6 Å². The van der Waals surface area contributed by atoms with Gasteiger partial charge in [0.15, 0.2) is 5.78 Å². The fourth-order valence-corrected chi connectivity index (χ4v) is 2.09. The predicted octanol–water partition coefficient (Wildman–Crippen LogP) is 3.06. The molecule has 0 aliphatic rings. The van der Waals surface area contributed by atoms with Crippen molar-refractivity contribution in [1.82, 2.24) is 10.3 Å². The molecule has 0 spiro atoms. The zero-order valence-electron chi connectivity index (χ0n) is 14.5. The number of amides is 2. The second kappa shape index (κ2) is 8.19. The van der Waals surface area contributed by atoms with Crippen LogP contribution in [0.25, 0.3) is 0 Å². The molecule has 2 rings (SSSR count). The molecule has 1 heterocycles. The number of carbonyl (C=O) groups is 3. The Morgan fingerprint density at radius 3 is 2.32 bits per heavy atom. The second-order valence-electron chi connectivity index (χ2n) is 5.80. The van der Waals surface area contributed by atoms with E-state index in [9.17, 15) is 14.4 Å². The molecule has 2 N–H and O–H groups in total. The first kappa shape index (κ1) is 18.3. The van der Waals surface area contributed by atoms with Gasteiger partial charge in [-0.3, -0.25) is 19.4 Å². The summed E-state index contributed by atoms with van der Waals surface area (Å²) in [5, 5.41) is 5.55. The third kappa shape index (κ3) is 4.97. The summed E-state index contributed by atoms with van der Waals surface area (Å²) in [6, 6.07) is 9.65. The molecule has 0 radical (unpaired) electrons. The first-order valence-electron chi connectivity index (χ1n) is 8.10. The summed E-state index contributed by atoms with van der Waals surface area (Å²) in [5.74, 6) is -0.704. The molecule has 1 atom stereocenters. The molecule has 2 aromatic rings. The molecular weight excluding hydrogens is 318 g/mol. The number of anilines is 1. The van der Waals surface area contributed by atoms with Crippen LogP contribution in [0.5, 0.6) is 0 Å². The van der Waals surface area contributed by atoms with Gasteiger partial charge in [-0.15, -0.1) is 0 Å². The quantitative estimate of drug-likeness (QED) is 0.792. The average Bonchev–Trinajstić information content (AvgIpc) is 2.62. The number of ketones is 1. The highest BCUT2D eigenvalue weighted by Gasteiger charge is 2.13. The zero-order valence-corrected chi connectivity index (χ0v) is 14.5. The number of hydrogen-bond acceptors (Lipinski definition) is 4. The maximum atomic E-state index is 12.3. The molecule has 130 valence electrons. The zero-order chi connectivity index (χ0) is 18.4. The molecule has 6 heteroatoms. The first-order valence-corrected chi connectivity index (χ1v) is 8.10. The highest BCUT2D eigenvalue weighted by Crippen LogP contribution is 2.12. The Morgan fingerprint density at radius 2 is 1.72 bits per heavy atom. The fourth-order valence-electron chi connectivity index (χ4n) is 2.09. The summed E-state index contributed by atoms with van der Waals surface area (Å²) in [4.78, 5) is 39.7. The van der Waals surface area contributed by atoms with Crippen molar-refractivity contribution in [3.8, 4) is 0 Å². The van der Waals surface area contributed by atoms with Gasteiger partial charge in [0.1, 0.15) is 5.69 Å². The number of Topliss-reactive ketones (excluding diaryl/α,β-unsaturated/α-hetero) is 1. The van der Waals surface area contributed by atoms with E-state index in [-0.39, 0.29) is 23.4 Å². The lowest BCUT2D eigenvalue weighted by Crippen LogP contribution is -2.32. The van der Waals surface area contributed by atoms with E-state index in [2.05, 4.69) is 15.6 Å². The summed E-state index contributed by atoms with van der Waals surface area (Å²) < 4.78 is 0. The summed E-state index contributed by atoms with van der Waals surface area (Å²) in [6.07, 6.45) is 2.25. The van der Waals surface area contributed by atoms with E-state index in [0.717, 1.165) is 6.42 Å². The van der Waals surface area contributed by atoms with Crippen LogP contribution in [0.15, 0.2) is 42.6 Å². The van der Waals surface area contributed by atoms with Crippen LogP contribution in [-0.2, 0) is 0 Å². The molecule has 0 aliphatic heterocycles. The molecular formula is C19H21N3O3. The molecule has 2 amide bonds. The van der Waals surface area contributed by atoms with Crippen LogP contribution >= 0.6 is 0 Å². The minimum absolute atomic E-state index is 0.0421. The highest BCUT2D eigenvalue weighted by molar-refractivity contribution is 6.05. The van der Waals surface area contributed by atoms with Gasteiger partial charge in [-0.2, -0.15) is 0 Å². The standard InChI is InChI=1S/C19H21N3O3/c1-4-12(2)21-18(24)15-9-10-20-17(11-15)19(25)22-16-7-5-14(6-8-16)13(3)23/h5-12H,4H2,1-3H3,(H,21,24)(H,22,25). The molecule has 1 aromatic heterocycles. The van der Waals surface area contributed by atoms with Crippen molar-refractivity contribution >= 4 is 23.3 Å². The van der Waals surface area contributed by atoms with Crippen LogP contribution in [0, 0.1) is 0 Å². The number of nitrogens with zero attached hydrogens (tertiary/aromatic N) is 1. The molecule has 0 saturated heterocycles. The van der Waals surface area contributed by atoms with Crippen molar-refractivity contribution < 1.29 is 14.4 Å². The highest BCUT2D eigenvalue weighted by atomic mass is 16.2. The van der Waals surface area contributed by atoms with Gasteiger partial charge in [-0.05, 0) is 56.7 Å². The maximum Gasteiger partial charge on any atom is 0.274 e. The smallest absolute Gasteiger partial charge is 0.274 e. The van der Waals surface area contributed by atoms with Crippen LogP contribution in [0.1, 0.15) is 58.4 Å². The van der Waals surface area contributed by atoms with Crippen molar-refractivity contribution in [3.05, 3.63) is 59.4 Å². The Balaban J connectivity index is 2.10.